The Balaban J connectivity index is 1.58. The van der Waals surface area contributed by atoms with Crippen molar-refractivity contribution in [1.29, 1.82) is 0 Å². The monoisotopic (exact) mass is 385 g/mol. The molecule has 1 N–H and O–H groups in total. The molecule has 0 aliphatic carbocycles. The topological polar surface area (TPSA) is 60.7 Å². The lowest BCUT2D eigenvalue weighted by Crippen LogP contribution is -2.25. The zero-order valence-corrected chi connectivity index (χ0v) is 15.9. The molecule has 0 saturated heterocycles. The zero-order valence-electron chi connectivity index (χ0n) is 15.1. The van der Waals surface area contributed by atoms with Crippen LogP contribution in [-0.2, 0) is 6.42 Å². The normalized spacial score (nSPS) is 10.5. The molecule has 1 amide bonds. The molecule has 5 nitrogen and oxygen atoms in total. The smallest absolute Gasteiger partial charge is 0.287 e. The first kappa shape index (κ1) is 18.9. The molecule has 3 aromatic rings. The molecule has 0 fully saturated rings. The molecule has 1 heterocycles. The highest BCUT2D eigenvalue weighted by molar-refractivity contribution is 6.30. The first-order chi connectivity index (χ1) is 13.1. The summed E-state index contributed by atoms with van der Waals surface area (Å²) in [4.78, 5) is 12.3. The minimum absolute atomic E-state index is 0.254. The molecular formula is C21H20ClNO4. The van der Waals surface area contributed by atoms with Gasteiger partial charge in [-0.3, -0.25) is 4.79 Å². The lowest BCUT2D eigenvalue weighted by atomic mass is 10.1. The van der Waals surface area contributed by atoms with Crippen molar-refractivity contribution in [2.24, 2.45) is 0 Å². The largest absolute Gasteiger partial charge is 0.493 e. The van der Waals surface area contributed by atoms with Gasteiger partial charge in [-0.15, -0.1) is 0 Å². The molecule has 0 saturated carbocycles. The van der Waals surface area contributed by atoms with Crippen LogP contribution in [0.4, 0.5) is 0 Å². The van der Waals surface area contributed by atoms with Crippen LogP contribution in [0.3, 0.4) is 0 Å². The van der Waals surface area contributed by atoms with Crippen LogP contribution in [0.1, 0.15) is 16.1 Å². The standard InChI is InChI=1S/C21H20ClNO4/c1-25-18-8-3-14(13-20(18)26-2)11-12-23-21(24)19-10-9-17(27-19)15-4-6-16(22)7-5-15/h3-10,13H,11-12H2,1-2H3,(H,23,24). The third kappa shape index (κ3) is 4.63. The van der Waals surface area contributed by atoms with E-state index < -0.39 is 0 Å². The van der Waals surface area contributed by atoms with Crippen molar-refractivity contribution in [2.45, 2.75) is 6.42 Å². The van der Waals surface area contributed by atoms with Crippen LogP contribution >= 0.6 is 11.6 Å². The maximum atomic E-state index is 12.3. The van der Waals surface area contributed by atoms with Crippen LogP contribution < -0.4 is 14.8 Å². The number of furan rings is 1. The highest BCUT2D eigenvalue weighted by atomic mass is 35.5. The van der Waals surface area contributed by atoms with E-state index in [0.717, 1.165) is 11.1 Å². The number of halogens is 1. The van der Waals surface area contributed by atoms with E-state index >= 15 is 0 Å². The molecule has 0 bridgehead atoms. The summed E-state index contributed by atoms with van der Waals surface area (Å²) < 4.78 is 16.2. The van der Waals surface area contributed by atoms with Crippen LogP contribution in [0.5, 0.6) is 11.5 Å². The molecule has 3 rings (SSSR count). The first-order valence-electron chi connectivity index (χ1n) is 8.45. The van der Waals surface area contributed by atoms with Crippen molar-refractivity contribution in [3.63, 3.8) is 0 Å². The van der Waals surface area contributed by atoms with Crippen molar-refractivity contribution >= 4 is 17.5 Å². The lowest BCUT2D eigenvalue weighted by Gasteiger charge is -2.09. The van der Waals surface area contributed by atoms with Crippen LogP contribution in [0.25, 0.3) is 11.3 Å². The predicted molar refractivity (Wildman–Crippen MR) is 105 cm³/mol. The summed E-state index contributed by atoms with van der Waals surface area (Å²) >= 11 is 5.89. The summed E-state index contributed by atoms with van der Waals surface area (Å²) in [5, 5.41) is 3.51. The van der Waals surface area contributed by atoms with Gasteiger partial charge in [0, 0.05) is 17.1 Å². The van der Waals surface area contributed by atoms with E-state index in [-0.39, 0.29) is 11.7 Å². The predicted octanol–water partition coefficient (Wildman–Crippen LogP) is 4.59. The van der Waals surface area contributed by atoms with Crippen molar-refractivity contribution in [3.8, 4) is 22.8 Å². The first-order valence-corrected chi connectivity index (χ1v) is 8.83. The minimum atomic E-state index is -0.254. The average Bonchev–Trinajstić information content (AvgIpc) is 3.18. The number of methoxy groups -OCH3 is 2. The van der Waals surface area contributed by atoms with Gasteiger partial charge in [0.1, 0.15) is 5.76 Å². The van der Waals surface area contributed by atoms with E-state index in [1.54, 1.807) is 38.5 Å². The molecule has 140 valence electrons. The van der Waals surface area contributed by atoms with Crippen LogP contribution in [0, 0.1) is 0 Å². The van der Waals surface area contributed by atoms with E-state index in [2.05, 4.69) is 5.32 Å². The van der Waals surface area contributed by atoms with Crippen molar-refractivity contribution in [1.82, 2.24) is 5.32 Å². The van der Waals surface area contributed by atoms with Gasteiger partial charge in [-0.2, -0.15) is 0 Å². The van der Waals surface area contributed by atoms with Gasteiger partial charge in [0.2, 0.25) is 0 Å². The number of carbonyl (C=O) groups excluding carboxylic acids is 1. The molecule has 0 aliphatic rings. The summed E-state index contributed by atoms with van der Waals surface area (Å²) in [5.74, 6) is 1.98. The van der Waals surface area contributed by atoms with Crippen molar-refractivity contribution < 1.29 is 18.7 Å². The second-order valence-corrected chi connectivity index (χ2v) is 6.30. The lowest BCUT2D eigenvalue weighted by molar-refractivity contribution is 0.0927. The van der Waals surface area contributed by atoms with Crippen molar-refractivity contribution in [3.05, 3.63) is 70.9 Å². The summed E-state index contributed by atoms with van der Waals surface area (Å²) in [5.41, 5.74) is 1.90. The fraction of sp³-hybridized carbons (Fsp3) is 0.190. The van der Waals surface area contributed by atoms with E-state index in [9.17, 15) is 4.79 Å². The third-order valence-electron chi connectivity index (χ3n) is 4.11. The Morgan fingerprint density at radius 1 is 1.00 bits per heavy atom. The van der Waals surface area contributed by atoms with E-state index in [1.807, 2.05) is 30.3 Å². The second kappa shape index (κ2) is 8.64. The highest BCUT2D eigenvalue weighted by Gasteiger charge is 2.12. The fourth-order valence-electron chi connectivity index (χ4n) is 2.67. The van der Waals surface area contributed by atoms with Gasteiger partial charge in [0.25, 0.3) is 5.91 Å². The van der Waals surface area contributed by atoms with Crippen LogP contribution in [0.15, 0.2) is 59.0 Å². The zero-order chi connectivity index (χ0) is 19.2. The summed E-state index contributed by atoms with van der Waals surface area (Å²) in [7, 11) is 3.19. The molecule has 1 aromatic heterocycles. The Morgan fingerprint density at radius 3 is 2.44 bits per heavy atom. The number of carbonyl (C=O) groups is 1. The van der Waals surface area contributed by atoms with E-state index in [4.69, 9.17) is 25.5 Å². The van der Waals surface area contributed by atoms with Gasteiger partial charge in [-0.1, -0.05) is 17.7 Å². The minimum Gasteiger partial charge on any atom is -0.493 e. The van der Waals surface area contributed by atoms with E-state index in [1.165, 1.54) is 0 Å². The quantitative estimate of drug-likeness (QED) is 0.646. The molecular weight excluding hydrogens is 366 g/mol. The number of hydrogen-bond donors (Lipinski definition) is 1. The van der Waals surface area contributed by atoms with Gasteiger partial charge >= 0.3 is 0 Å². The SMILES string of the molecule is COc1ccc(CCNC(=O)c2ccc(-c3ccc(Cl)cc3)o2)cc1OC. The Hall–Kier alpha value is -2.92. The Morgan fingerprint density at radius 2 is 1.74 bits per heavy atom. The molecule has 2 aromatic carbocycles. The Kier molecular flexibility index (Phi) is 6.04. The van der Waals surface area contributed by atoms with Gasteiger partial charge in [0.05, 0.1) is 14.2 Å². The summed E-state index contributed by atoms with van der Waals surface area (Å²) in [6.45, 7) is 0.477. The van der Waals surface area contributed by atoms with E-state index in [0.29, 0.717) is 35.2 Å². The van der Waals surface area contributed by atoms with Crippen molar-refractivity contribution in [2.75, 3.05) is 20.8 Å². The van der Waals surface area contributed by atoms with Gasteiger partial charge < -0.3 is 19.2 Å². The number of rotatable bonds is 7. The number of hydrogen-bond acceptors (Lipinski definition) is 4. The fourth-order valence-corrected chi connectivity index (χ4v) is 2.80. The average molecular weight is 386 g/mol. The number of benzene rings is 2. The molecule has 0 aliphatic heterocycles. The highest BCUT2D eigenvalue weighted by Crippen LogP contribution is 2.27. The number of ether oxygens (including phenoxy) is 2. The number of amides is 1. The molecule has 0 atom stereocenters. The third-order valence-corrected chi connectivity index (χ3v) is 4.36. The second-order valence-electron chi connectivity index (χ2n) is 5.87. The molecule has 27 heavy (non-hydrogen) atoms. The van der Waals surface area contributed by atoms with Crippen LogP contribution in [-0.4, -0.2) is 26.7 Å². The number of nitrogens with one attached hydrogen (secondary N) is 1. The Labute approximate surface area is 162 Å². The summed E-state index contributed by atoms with van der Waals surface area (Å²) in [6.07, 6.45) is 0.664. The molecule has 6 heteroatoms. The van der Waals surface area contributed by atoms with Gasteiger partial charge in [-0.25, -0.2) is 0 Å². The Bertz CT molecular complexity index is 918. The molecule has 0 spiro atoms. The molecule has 0 radical (unpaired) electrons. The van der Waals surface area contributed by atoms with Crippen LogP contribution in [0.2, 0.25) is 5.02 Å². The maximum Gasteiger partial charge on any atom is 0.287 e. The van der Waals surface area contributed by atoms with Gasteiger partial charge in [-0.05, 0) is 60.5 Å². The maximum absolute atomic E-state index is 12.3. The summed E-state index contributed by atoms with van der Waals surface area (Å²) in [6, 6.07) is 16.4. The van der Waals surface area contributed by atoms with Gasteiger partial charge in [0.15, 0.2) is 17.3 Å². The molecule has 0 unspecified atom stereocenters.